The first-order valence-corrected chi connectivity index (χ1v) is 7.15. The first-order chi connectivity index (χ1) is 10.2. The van der Waals surface area contributed by atoms with E-state index in [2.05, 4.69) is 10.2 Å². The van der Waals surface area contributed by atoms with Crippen molar-refractivity contribution < 1.29 is 4.79 Å². The molecular formula is C14H25N5O3. The van der Waals surface area contributed by atoms with Gasteiger partial charge in [0.05, 0.1) is 0 Å². The van der Waals surface area contributed by atoms with E-state index < -0.39 is 0 Å². The van der Waals surface area contributed by atoms with Gasteiger partial charge in [-0.2, -0.15) is 0 Å². The number of carbonyl (C=O) groups is 1. The summed E-state index contributed by atoms with van der Waals surface area (Å²) in [5.74, 6) is 0.545. The number of hydrogen-bond acceptors (Lipinski definition) is 5. The summed E-state index contributed by atoms with van der Waals surface area (Å²) in [5, 5.41) is 3.09. The van der Waals surface area contributed by atoms with E-state index in [9.17, 15) is 14.4 Å². The Morgan fingerprint density at radius 3 is 2.36 bits per heavy atom. The predicted molar refractivity (Wildman–Crippen MR) is 86.2 cm³/mol. The number of nitrogens with one attached hydrogen (secondary N) is 1. The van der Waals surface area contributed by atoms with E-state index in [1.54, 1.807) is 19.0 Å². The van der Waals surface area contributed by atoms with E-state index in [4.69, 9.17) is 0 Å². The van der Waals surface area contributed by atoms with Gasteiger partial charge in [0.1, 0.15) is 5.82 Å². The van der Waals surface area contributed by atoms with Crippen LogP contribution in [0.2, 0.25) is 0 Å². The molecule has 0 aliphatic rings. The van der Waals surface area contributed by atoms with Crippen LogP contribution in [0.3, 0.4) is 0 Å². The van der Waals surface area contributed by atoms with Crippen LogP contribution in [0.15, 0.2) is 15.7 Å². The molecule has 8 heteroatoms. The first kappa shape index (κ1) is 18.0. The lowest BCUT2D eigenvalue weighted by Gasteiger charge is -2.21. The summed E-state index contributed by atoms with van der Waals surface area (Å²) in [6.45, 7) is 4.29. The largest absolute Gasteiger partial charge is 0.370 e. The van der Waals surface area contributed by atoms with Crippen LogP contribution in [-0.2, 0) is 18.9 Å². The molecular weight excluding hydrogens is 286 g/mol. The van der Waals surface area contributed by atoms with E-state index in [-0.39, 0.29) is 17.2 Å². The third-order valence-corrected chi connectivity index (χ3v) is 3.68. The summed E-state index contributed by atoms with van der Waals surface area (Å²) in [4.78, 5) is 38.3. The van der Waals surface area contributed by atoms with Crippen molar-refractivity contribution in [1.29, 1.82) is 0 Å². The van der Waals surface area contributed by atoms with Gasteiger partial charge in [-0.05, 0) is 7.05 Å². The van der Waals surface area contributed by atoms with Crippen molar-refractivity contribution in [2.24, 2.45) is 14.1 Å². The van der Waals surface area contributed by atoms with Gasteiger partial charge in [-0.3, -0.25) is 18.7 Å². The number of carbonyl (C=O) groups excluding carboxylic acids is 1. The molecule has 0 radical (unpaired) electrons. The molecule has 0 aromatic carbocycles. The highest BCUT2D eigenvalue weighted by molar-refractivity contribution is 5.72. The molecule has 1 N–H and O–H groups in total. The van der Waals surface area contributed by atoms with Crippen molar-refractivity contribution in [3.05, 3.63) is 26.9 Å². The van der Waals surface area contributed by atoms with E-state index in [0.717, 1.165) is 17.7 Å². The Balaban J connectivity index is 2.50. The normalized spacial score (nSPS) is 10.8. The Kier molecular flexibility index (Phi) is 6.36. The Hall–Kier alpha value is -2.09. The maximum absolute atomic E-state index is 11.8. The molecule has 0 unspecified atom stereocenters. The van der Waals surface area contributed by atoms with Crippen LogP contribution < -0.4 is 16.6 Å². The Morgan fingerprint density at radius 2 is 1.77 bits per heavy atom. The van der Waals surface area contributed by atoms with E-state index in [1.807, 2.05) is 7.05 Å². The fourth-order valence-corrected chi connectivity index (χ4v) is 1.87. The summed E-state index contributed by atoms with van der Waals surface area (Å²) in [5.41, 5.74) is -0.687. The first-order valence-electron chi connectivity index (χ1n) is 7.15. The second-order valence-electron chi connectivity index (χ2n) is 5.44. The third kappa shape index (κ3) is 4.73. The molecule has 0 bridgehead atoms. The maximum Gasteiger partial charge on any atom is 0.332 e. The minimum absolute atomic E-state index is 0.0432. The number of likely N-dealkylation sites (N-methyl/N-ethyl adjacent to an activating group) is 2. The highest BCUT2D eigenvalue weighted by Gasteiger charge is 2.07. The van der Waals surface area contributed by atoms with Gasteiger partial charge in [-0.25, -0.2) is 4.79 Å². The monoisotopic (exact) mass is 311 g/mol. The van der Waals surface area contributed by atoms with Crippen LogP contribution in [0, 0.1) is 0 Å². The third-order valence-electron chi connectivity index (χ3n) is 3.68. The van der Waals surface area contributed by atoms with Gasteiger partial charge in [0.25, 0.3) is 5.56 Å². The molecule has 0 aliphatic carbocycles. The van der Waals surface area contributed by atoms with E-state index >= 15 is 0 Å². The minimum atomic E-state index is -0.355. The van der Waals surface area contributed by atoms with E-state index in [0.29, 0.717) is 18.9 Å². The lowest BCUT2D eigenvalue weighted by molar-refractivity contribution is -0.127. The van der Waals surface area contributed by atoms with Crippen molar-refractivity contribution in [3.8, 4) is 0 Å². The zero-order chi connectivity index (χ0) is 16.9. The van der Waals surface area contributed by atoms with Gasteiger partial charge in [0, 0.05) is 60.3 Å². The molecule has 1 aromatic rings. The molecule has 0 saturated heterocycles. The van der Waals surface area contributed by atoms with Crippen LogP contribution in [0.1, 0.15) is 6.92 Å². The summed E-state index contributed by atoms with van der Waals surface area (Å²) >= 11 is 0. The van der Waals surface area contributed by atoms with Crippen molar-refractivity contribution in [1.82, 2.24) is 18.9 Å². The van der Waals surface area contributed by atoms with Gasteiger partial charge in [-0.1, -0.05) is 0 Å². The van der Waals surface area contributed by atoms with Crippen molar-refractivity contribution in [3.63, 3.8) is 0 Å². The van der Waals surface area contributed by atoms with Gasteiger partial charge in [0.15, 0.2) is 0 Å². The van der Waals surface area contributed by atoms with Crippen molar-refractivity contribution in [2.75, 3.05) is 45.6 Å². The second kappa shape index (κ2) is 7.79. The molecule has 1 aromatic heterocycles. The van der Waals surface area contributed by atoms with Crippen LogP contribution in [0.25, 0.3) is 0 Å². The summed E-state index contributed by atoms with van der Waals surface area (Å²) in [7, 11) is 6.80. The average molecular weight is 311 g/mol. The number of rotatable bonds is 7. The molecule has 0 spiro atoms. The number of amides is 1. The van der Waals surface area contributed by atoms with Crippen LogP contribution in [0.4, 0.5) is 5.82 Å². The molecule has 1 heterocycles. The van der Waals surface area contributed by atoms with Crippen LogP contribution in [-0.4, -0.2) is 65.1 Å². The number of anilines is 1. The number of hydrogen-bond donors (Lipinski definition) is 1. The zero-order valence-electron chi connectivity index (χ0n) is 13.9. The van der Waals surface area contributed by atoms with Crippen LogP contribution >= 0.6 is 0 Å². The van der Waals surface area contributed by atoms with Gasteiger partial charge in [-0.15, -0.1) is 0 Å². The zero-order valence-corrected chi connectivity index (χ0v) is 13.9. The predicted octanol–water partition coefficient (Wildman–Crippen LogP) is -1.09. The second-order valence-corrected chi connectivity index (χ2v) is 5.44. The molecule has 1 rings (SSSR count). The van der Waals surface area contributed by atoms with Gasteiger partial charge >= 0.3 is 5.69 Å². The lowest BCUT2D eigenvalue weighted by Crippen LogP contribution is -2.38. The molecule has 22 heavy (non-hydrogen) atoms. The maximum atomic E-state index is 11.8. The molecule has 0 fully saturated rings. The highest BCUT2D eigenvalue weighted by Crippen LogP contribution is 1.97. The SMILES string of the molecule is CC(=O)N(C)CCN(C)CCNc1cc(=O)n(C)c(=O)n1C. The fourth-order valence-electron chi connectivity index (χ4n) is 1.87. The summed E-state index contributed by atoms with van der Waals surface area (Å²) < 4.78 is 2.47. The molecule has 8 nitrogen and oxygen atoms in total. The minimum Gasteiger partial charge on any atom is -0.370 e. The van der Waals surface area contributed by atoms with Gasteiger partial charge < -0.3 is 15.1 Å². The smallest absolute Gasteiger partial charge is 0.332 e. The summed E-state index contributed by atoms with van der Waals surface area (Å²) in [6.07, 6.45) is 0. The van der Waals surface area contributed by atoms with Gasteiger partial charge in [0.2, 0.25) is 5.91 Å². The molecule has 0 saturated carbocycles. The van der Waals surface area contributed by atoms with Crippen LogP contribution in [0.5, 0.6) is 0 Å². The van der Waals surface area contributed by atoms with E-state index in [1.165, 1.54) is 24.6 Å². The molecule has 1 amide bonds. The fraction of sp³-hybridized carbons (Fsp3) is 0.643. The summed E-state index contributed by atoms with van der Waals surface area (Å²) in [6, 6.07) is 1.41. The Bertz CT molecular complexity index is 634. The number of nitrogens with zero attached hydrogens (tertiary/aromatic N) is 4. The lowest BCUT2D eigenvalue weighted by atomic mass is 10.4. The topological polar surface area (TPSA) is 79.6 Å². The van der Waals surface area contributed by atoms with Crippen molar-refractivity contribution >= 4 is 11.7 Å². The molecule has 124 valence electrons. The average Bonchev–Trinajstić information content (AvgIpc) is 2.47. The standard InChI is InChI=1S/C14H25N5O3/c1-11(20)17(3)9-8-16(2)7-6-15-12-10-13(21)19(5)14(22)18(12)4/h10,15H,6-9H2,1-5H3. The quantitative estimate of drug-likeness (QED) is 0.692. The Morgan fingerprint density at radius 1 is 1.14 bits per heavy atom. The molecule has 0 aliphatic heterocycles. The molecule has 0 atom stereocenters. The Labute approximate surface area is 129 Å². The number of aromatic nitrogens is 2. The van der Waals surface area contributed by atoms with Crippen molar-refractivity contribution in [2.45, 2.75) is 6.92 Å². The highest BCUT2D eigenvalue weighted by atomic mass is 16.2.